The maximum Gasteiger partial charge on any atom is 0.416 e. The highest BCUT2D eigenvalue weighted by Gasteiger charge is 2.32. The summed E-state index contributed by atoms with van der Waals surface area (Å²) in [6.07, 6.45) is -4.68. The molecule has 0 unspecified atom stereocenters. The maximum absolute atomic E-state index is 13.0. The second kappa shape index (κ2) is 9.32. The summed E-state index contributed by atoms with van der Waals surface area (Å²) in [5.41, 5.74) is 3.96. The molecule has 0 aromatic heterocycles. The van der Waals surface area contributed by atoms with Crippen molar-refractivity contribution >= 4 is 29.9 Å². The van der Waals surface area contributed by atoms with Crippen LogP contribution in [0.2, 0.25) is 0 Å². The Morgan fingerprint density at radius 1 is 1.12 bits per heavy atom. The fourth-order valence-corrected chi connectivity index (χ4v) is 2.14. The highest BCUT2D eigenvalue weighted by atomic mass is 35.5. The Kier molecular flexibility index (Phi) is 8.72. The van der Waals surface area contributed by atoms with Gasteiger partial charge in [-0.1, -0.05) is 0 Å². The molecule has 26 heavy (non-hydrogen) atoms. The van der Waals surface area contributed by atoms with Gasteiger partial charge in [-0.3, -0.25) is 4.90 Å². The Hall–Kier alpha value is -1.67. The van der Waals surface area contributed by atoms with E-state index < -0.39 is 23.4 Å². The fraction of sp³-hybridized carbons (Fsp3) is 0.588. The van der Waals surface area contributed by atoms with Gasteiger partial charge in [-0.25, -0.2) is 4.79 Å². The molecule has 2 N–H and O–H groups in total. The molecule has 0 saturated heterocycles. The Morgan fingerprint density at radius 3 is 2.15 bits per heavy atom. The van der Waals surface area contributed by atoms with E-state index in [1.165, 1.54) is 11.0 Å². The number of halogens is 4. The molecule has 0 aliphatic rings. The van der Waals surface area contributed by atoms with Gasteiger partial charge in [-0.2, -0.15) is 13.2 Å². The first kappa shape index (κ1) is 24.3. The number of benzene rings is 1. The average Bonchev–Trinajstić information content (AvgIpc) is 2.39. The van der Waals surface area contributed by atoms with Crippen molar-refractivity contribution in [2.75, 3.05) is 37.8 Å². The SMILES string of the molecule is CN(C)CCCN(C(=O)OC(C)(C)C)c1cc(N)cc(C(F)(F)F)c1.Cl. The van der Waals surface area contributed by atoms with E-state index in [0.29, 0.717) is 13.0 Å². The Balaban J connectivity index is 0.00000625. The van der Waals surface area contributed by atoms with Crippen molar-refractivity contribution in [2.45, 2.75) is 39.0 Å². The van der Waals surface area contributed by atoms with Crippen LogP contribution in [-0.2, 0) is 10.9 Å². The highest BCUT2D eigenvalue weighted by Crippen LogP contribution is 2.34. The van der Waals surface area contributed by atoms with Gasteiger partial charge in [0.1, 0.15) is 5.60 Å². The number of anilines is 2. The molecule has 1 aromatic rings. The predicted molar refractivity (Wildman–Crippen MR) is 99.9 cm³/mol. The number of carbonyl (C=O) groups is 1. The van der Waals surface area contributed by atoms with E-state index in [9.17, 15) is 18.0 Å². The molecule has 0 heterocycles. The topological polar surface area (TPSA) is 58.8 Å². The number of rotatable bonds is 5. The zero-order valence-corrected chi connectivity index (χ0v) is 16.5. The van der Waals surface area contributed by atoms with Crippen LogP contribution >= 0.6 is 12.4 Å². The summed E-state index contributed by atoms with van der Waals surface area (Å²) in [5, 5.41) is 0. The molecule has 0 aliphatic heterocycles. The second-order valence-corrected chi connectivity index (χ2v) is 7.10. The molecule has 0 radical (unpaired) electrons. The maximum atomic E-state index is 13.0. The molecule has 0 fully saturated rings. The van der Waals surface area contributed by atoms with Crippen LogP contribution in [0.1, 0.15) is 32.8 Å². The van der Waals surface area contributed by atoms with E-state index in [1.807, 2.05) is 19.0 Å². The van der Waals surface area contributed by atoms with Crippen molar-refractivity contribution < 1.29 is 22.7 Å². The summed E-state index contributed by atoms with van der Waals surface area (Å²) in [4.78, 5) is 15.6. The van der Waals surface area contributed by atoms with Crippen molar-refractivity contribution in [3.8, 4) is 0 Å². The second-order valence-electron chi connectivity index (χ2n) is 7.10. The van der Waals surface area contributed by atoms with E-state index in [2.05, 4.69) is 0 Å². The van der Waals surface area contributed by atoms with Gasteiger partial charge in [-0.15, -0.1) is 12.4 Å². The number of hydrogen-bond acceptors (Lipinski definition) is 4. The lowest BCUT2D eigenvalue weighted by atomic mass is 10.1. The van der Waals surface area contributed by atoms with Crippen LogP contribution in [0.25, 0.3) is 0 Å². The zero-order chi connectivity index (χ0) is 19.4. The van der Waals surface area contributed by atoms with E-state index in [-0.39, 0.29) is 30.3 Å². The van der Waals surface area contributed by atoms with Crippen LogP contribution in [0, 0.1) is 0 Å². The monoisotopic (exact) mass is 397 g/mol. The summed E-state index contributed by atoms with van der Waals surface area (Å²) in [7, 11) is 3.75. The number of ether oxygens (including phenoxy) is 1. The molecule has 9 heteroatoms. The molecule has 1 amide bonds. The molecule has 1 rings (SSSR count). The molecule has 0 bridgehead atoms. The van der Waals surface area contributed by atoms with Gasteiger partial charge in [0.05, 0.1) is 5.56 Å². The van der Waals surface area contributed by atoms with E-state index >= 15 is 0 Å². The van der Waals surface area contributed by atoms with Crippen LogP contribution in [0.3, 0.4) is 0 Å². The lowest BCUT2D eigenvalue weighted by Crippen LogP contribution is -2.38. The minimum atomic E-state index is -4.55. The van der Waals surface area contributed by atoms with E-state index in [4.69, 9.17) is 10.5 Å². The molecule has 150 valence electrons. The zero-order valence-electron chi connectivity index (χ0n) is 15.7. The van der Waals surface area contributed by atoms with Crippen molar-refractivity contribution in [3.05, 3.63) is 23.8 Å². The molecular weight excluding hydrogens is 371 g/mol. The molecule has 0 atom stereocenters. The van der Waals surface area contributed by atoms with Gasteiger partial charge in [0.2, 0.25) is 0 Å². The summed E-state index contributed by atoms with van der Waals surface area (Å²) in [5.74, 6) is 0. The van der Waals surface area contributed by atoms with Crippen LogP contribution in [-0.4, -0.2) is 43.8 Å². The smallest absolute Gasteiger partial charge is 0.416 e. The third kappa shape index (κ3) is 8.14. The number of carbonyl (C=O) groups excluding carboxylic acids is 1. The number of amides is 1. The van der Waals surface area contributed by atoms with Crippen molar-refractivity contribution in [1.29, 1.82) is 0 Å². The summed E-state index contributed by atoms with van der Waals surface area (Å²) in [6, 6.07) is 3.10. The van der Waals surface area contributed by atoms with Gasteiger partial charge in [-0.05, 0) is 66.0 Å². The molecule has 5 nitrogen and oxygen atoms in total. The lowest BCUT2D eigenvalue weighted by molar-refractivity contribution is -0.137. The number of nitrogens with two attached hydrogens (primary N) is 1. The van der Waals surface area contributed by atoms with E-state index in [1.54, 1.807) is 20.8 Å². The molecule has 1 aromatic carbocycles. The minimum Gasteiger partial charge on any atom is -0.443 e. The summed E-state index contributed by atoms with van der Waals surface area (Å²) < 4.78 is 44.5. The number of nitrogens with zero attached hydrogens (tertiary/aromatic N) is 2. The fourth-order valence-electron chi connectivity index (χ4n) is 2.14. The largest absolute Gasteiger partial charge is 0.443 e. The first-order valence-electron chi connectivity index (χ1n) is 7.92. The summed E-state index contributed by atoms with van der Waals surface area (Å²) in [6.45, 7) is 5.98. The third-order valence-electron chi connectivity index (χ3n) is 3.18. The molecular formula is C17H27ClF3N3O2. The van der Waals surface area contributed by atoms with Crippen molar-refractivity contribution in [2.24, 2.45) is 0 Å². The van der Waals surface area contributed by atoms with Crippen LogP contribution in [0.5, 0.6) is 0 Å². The van der Waals surface area contributed by atoms with Gasteiger partial charge in [0.25, 0.3) is 0 Å². The number of nitrogen functional groups attached to an aromatic ring is 1. The van der Waals surface area contributed by atoms with Crippen LogP contribution < -0.4 is 10.6 Å². The van der Waals surface area contributed by atoms with E-state index in [0.717, 1.165) is 12.1 Å². The third-order valence-corrected chi connectivity index (χ3v) is 3.18. The molecule has 0 saturated carbocycles. The highest BCUT2D eigenvalue weighted by molar-refractivity contribution is 5.88. The Bertz CT molecular complexity index is 602. The van der Waals surface area contributed by atoms with Crippen LogP contribution in [0.15, 0.2) is 18.2 Å². The number of alkyl halides is 3. The first-order valence-corrected chi connectivity index (χ1v) is 7.92. The summed E-state index contributed by atoms with van der Waals surface area (Å²) >= 11 is 0. The molecule has 0 aliphatic carbocycles. The molecule has 0 spiro atoms. The van der Waals surface area contributed by atoms with Gasteiger partial charge >= 0.3 is 12.3 Å². The lowest BCUT2D eigenvalue weighted by Gasteiger charge is -2.28. The average molecular weight is 398 g/mol. The van der Waals surface area contributed by atoms with Gasteiger partial charge in [0.15, 0.2) is 0 Å². The van der Waals surface area contributed by atoms with Crippen LogP contribution in [0.4, 0.5) is 29.3 Å². The minimum absolute atomic E-state index is 0. The predicted octanol–water partition coefficient (Wildman–Crippen LogP) is 4.40. The standard InChI is InChI=1S/C17H26F3N3O2.ClH/c1-16(2,3)25-15(24)23(8-6-7-22(4)5)14-10-12(17(18,19)20)9-13(21)11-14;/h9-11H,6-8,21H2,1-5H3;1H. The van der Waals surface area contributed by atoms with Crippen molar-refractivity contribution in [3.63, 3.8) is 0 Å². The van der Waals surface area contributed by atoms with Crippen molar-refractivity contribution in [1.82, 2.24) is 4.90 Å². The van der Waals surface area contributed by atoms with Gasteiger partial charge in [0, 0.05) is 17.9 Å². The number of hydrogen-bond donors (Lipinski definition) is 1. The Morgan fingerprint density at radius 2 is 1.69 bits per heavy atom. The first-order chi connectivity index (χ1) is 11.3. The van der Waals surface area contributed by atoms with Gasteiger partial charge < -0.3 is 15.4 Å². The quantitative estimate of drug-likeness (QED) is 0.748. The normalized spacial score (nSPS) is 11.9. The Labute approximate surface area is 158 Å².